The predicted molar refractivity (Wildman–Crippen MR) is 141 cm³/mol. The summed E-state index contributed by atoms with van der Waals surface area (Å²) in [7, 11) is 0. The highest BCUT2D eigenvalue weighted by atomic mass is 16.5. The number of hydrogen-bond acceptors (Lipinski definition) is 5. The number of benzene rings is 4. The highest BCUT2D eigenvalue weighted by Gasteiger charge is 2.24. The van der Waals surface area contributed by atoms with Crippen molar-refractivity contribution in [3.8, 4) is 28.7 Å². The highest BCUT2D eigenvalue weighted by molar-refractivity contribution is 5.87. The zero-order valence-corrected chi connectivity index (χ0v) is 21.0. The van der Waals surface area contributed by atoms with Crippen molar-refractivity contribution in [1.29, 1.82) is 0 Å². The van der Waals surface area contributed by atoms with E-state index in [1.807, 2.05) is 82.8 Å². The van der Waals surface area contributed by atoms with Gasteiger partial charge in [-0.1, -0.05) is 18.2 Å². The molecule has 0 atom stereocenters. The van der Waals surface area contributed by atoms with Crippen LogP contribution in [0, 0.1) is 41.5 Å². The van der Waals surface area contributed by atoms with Gasteiger partial charge in [0.05, 0.1) is 17.1 Å². The van der Waals surface area contributed by atoms with Crippen LogP contribution in [-0.4, -0.2) is 15.3 Å². The van der Waals surface area contributed by atoms with E-state index in [0.717, 1.165) is 39.1 Å². The van der Waals surface area contributed by atoms with Gasteiger partial charge in [-0.15, -0.1) is 0 Å². The summed E-state index contributed by atoms with van der Waals surface area (Å²) in [4.78, 5) is 1.89. The van der Waals surface area contributed by atoms with Crippen molar-refractivity contribution in [2.75, 3.05) is 4.90 Å². The number of anilines is 3. The van der Waals surface area contributed by atoms with Gasteiger partial charge in [-0.2, -0.15) is 0 Å². The Hall–Kier alpha value is -4.12. The molecule has 0 heterocycles. The third kappa shape index (κ3) is 4.37. The van der Waals surface area contributed by atoms with Crippen LogP contribution in [0.15, 0.2) is 60.7 Å². The van der Waals surface area contributed by atoms with Crippen LogP contribution < -0.4 is 9.64 Å². The first kappa shape index (κ1) is 24.0. The maximum Gasteiger partial charge on any atom is 0.139 e. The van der Waals surface area contributed by atoms with Crippen LogP contribution in [0.1, 0.15) is 33.4 Å². The zero-order chi connectivity index (χ0) is 25.4. The molecular weight excluding hydrogens is 438 g/mol. The summed E-state index contributed by atoms with van der Waals surface area (Å²) < 4.78 is 6.21. The van der Waals surface area contributed by atoms with Gasteiger partial charge in [-0.3, -0.25) is 0 Å². The van der Waals surface area contributed by atoms with E-state index in [1.54, 1.807) is 24.3 Å². The fourth-order valence-corrected chi connectivity index (χ4v) is 4.21. The lowest BCUT2D eigenvalue weighted by atomic mass is 10.0. The molecule has 0 saturated carbocycles. The molecule has 3 N–H and O–H groups in total. The van der Waals surface area contributed by atoms with Crippen LogP contribution in [0.5, 0.6) is 28.7 Å². The SMILES string of the molecule is Cc1ccc(O)c(N(c2cccc(Oc3ccc(O)c(C)c3C)c2)c2c(O)ccc(C)c2C)c1C. The van der Waals surface area contributed by atoms with Crippen molar-refractivity contribution in [2.24, 2.45) is 0 Å². The monoisotopic (exact) mass is 469 g/mol. The fraction of sp³-hybridized carbons (Fsp3) is 0.200. The Balaban J connectivity index is 1.92. The number of phenols is 3. The van der Waals surface area contributed by atoms with Crippen LogP contribution in [-0.2, 0) is 0 Å². The minimum atomic E-state index is 0.115. The second-order valence-corrected chi connectivity index (χ2v) is 9.02. The normalized spacial score (nSPS) is 10.9. The molecule has 0 saturated heterocycles. The van der Waals surface area contributed by atoms with Crippen molar-refractivity contribution in [2.45, 2.75) is 41.5 Å². The molecule has 4 aromatic rings. The van der Waals surface area contributed by atoms with Crippen LogP contribution >= 0.6 is 0 Å². The molecule has 4 aromatic carbocycles. The van der Waals surface area contributed by atoms with Gasteiger partial charge in [0.15, 0.2) is 0 Å². The Kier molecular flexibility index (Phi) is 6.35. The smallest absolute Gasteiger partial charge is 0.139 e. The molecule has 35 heavy (non-hydrogen) atoms. The first-order valence-corrected chi connectivity index (χ1v) is 11.6. The van der Waals surface area contributed by atoms with Crippen LogP contribution in [0.25, 0.3) is 0 Å². The lowest BCUT2D eigenvalue weighted by Gasteiger charge is -2.31. The third-order valence-corrected chi connectivity index (χ3v) is 6.82. The molecule has 0 fully saturated rings. The van der Waals surface area contributed by atoms with E-state index in [9.17, 15) is 15.3 Å². The molecule has 0 aliphatic carbocycles. The van der Waals surface area contributed by atoms with Gasteiger partial charge in [0.25, 0.3) is 0 Å². The lowest BCUT2D eigenvalue weighted by Crippen LogP contribution is -2.14. The lowest BCUT2D eigenvalue weighted by molar-refractivity contribution is 0.457. The van der Waals surface area contributed by atoms with Gasteiger partial charge in [-0.25, -0.2) is 0 Å². The van der Waals surface area contributed by atoms with Crippen molar-refractivity contribution in [3.05, 3.63) is 94.0 Å². The molecule has 0 spiro atoms. The van der Waals surface area contributed by atoms with Gasteiger partial charge in [0, 0.05) is 6.07 Å². The Morgan fingerprint density at radius 2 is 1.11 bits per heavy atom. The number of phenolic OH excluding ortho intramolecular Hbond substituents is 3. The Morgan fingerprint density at radius 1 is 0.571 bits per heavy atom. The van der Waals surface area contributed by atoms with E-state index >= 15 is 0 Å². The average Bonchev–Trinajstić information content (AvgIpc) is 2.83. The Labute approximate surface area is 206 Å². The first-order valence-electron chi connectivity index (χ1n) is 11.6. The molecule has 0 unspecified atom stereocenters. The molecule has 5 nitrogen and oxygen atoms in total. The molecule has 0 aliphatic rings. The number of aromatic hydroxyl groups is 3. The summed E-state index contributed by atoms with van der Waals surface area (Å²) in [6.45, 7) is 11.7. The van der Waals surface area contributed by atoms with E-state index < -0.39 is 0 Å². The summed E-state index contributed by atoms with van der Waals surface area (Å²) in [6, 6.07) is 18.0. The summed E-state index contributed by atoms with van der Waals surface area (Å²) in [5.41, 5.74) is 7.40. The second kappa shape index (κ2) is 9.26. The average molecular weight is 470 g/mol. The van der Waals surface area contributed by atoms with E-state index in [2.05, 4.69) is 0 Å². The summed E-state index contributed by atoms with van der Waals surface area (Å²) in [5.74, 6) is 1.70. The molecule has 0 aromatic heterocycles. The van der Waals surface area contributed by atoms with Crippen LogP contribution in [0.4, 0.5) is 17.1 Å². The van der Waals surface area contributed by atoms with Crippen molar-refractivity contribution in [1.82, 2.24) is 0 Å². The minimum absolute atomic E-state index is 0.115. The summed E-state index contributed by atoms with van der Waals surface area (Å²) in [6.07, 6.45) is 0. The largest absolute Gasteiger partial charge is 0.508 e. The summed E-state index contributed by atoms with van der Waals surface area (Å²) >= 11 is 0. The summed E-state index contributed by atoms with van der Waals surface area (Å²) in [5, 5.41) is 32.0. The number of hydrogen-bond donors (Lipinski definition) is 3. The molecule has 5 heteroatoms. The Morgan fingerprint density at radius 3 is 1.69 bits per heavy atom. The number of ether oxygens (including phenoxy) is 1. The van der Waals surface area contributed by atoms with Gasteiger partial charge in [-0.05, 0) is 111 Å². The zero-order valence-electron chi connectivity index (χ0n) is 21.0. The van der Waals surface area contributed by atoms with Gasteiger partial charge < -0.3 is 25.0 Å². The molecule has 4 rings (SSSR count). The Bertz CT molecular complexity index is 1370. The number of nitrogens with zero attached hydrogens (tertiary/aromatic N) is 1. The topological polar surface area (TPSA) is 73.2 Å². The predicted octanol–water partition coefficient (Wildman–Crippen LogP) is 7.92. The van der Waals surface area contributed by atoms with E-state index in [0.29, 0.717) is 22.9 Å². The van der Waals surface area contributed by atoms with Gasteiger partial charge in [0.2, 0.25) is 0 Å². The van der Waals surface area contributed by atoms with Crippen LogP contribution in [0.3, 0.4) is 0 Å². The molecule has 0 radical (unpaired) electrons. The van der Waals surface area contributed by atoms with E-state index in [-0.39, 0.29) is 17.2 Å². The maximum absolute atomic E-state index is 11.0. The number of rotatable bonds is 5. The van der Waals surface area contributed by atoms with E-state index in [1.165, 1.54) is 0 Å². The van der Waals surface area contributed by atoms with Crippen LogP contribution in [0.2, 0.25) is 0 Å². The van der Waals surface area contributed by atoms with E-state index in [4.69, 9.17) is 4.74 Å². The standard InChI is InChI=1S/C30H31NO4/c1-17-10-12-26(33)29(19(17)3)31(30-20(4)18(2)11-13-27(30)34)23-8-7-9-24(16-23)35-28-15-14-25(32)21(5)22(28)6/h7-16,32-34H,1-6H3. The van der Waals surface area contributed by atoms with Crippen molar-refractivity contribution < 1.29 is 20.1 Å². The molecule has 0 aliphatic heterocycles. The molecule has 0 bridgehead atoms. The highest BCUT2D eigenvalue weighted by Crippen LogP contribution is 2.48. The van der Waals surface area contributed by atoms with Gasteiger partial charge >= 0.3 is 0 Å². The molecular formula is C30H31NO4. The quantitative estimate of drug-likeness (QED) is 0.277. The van der Waals surface area contributed by atoms with Crippen molar-refractivity contribution >= 4 is 17.1 Å². The molecule has 0 amide bonds. The van der Waals surface area contributed by atoms with Crippen molar-refractivity contribution in [3.63, 3.8) is 0 Å². The minimum Gasteiger partial charge on any atom is -0.508 e. The second-order valence-electron chi connectivity index (χ2n) is 9.02. The molecule has 180 valence electrons. The fourth-order valence-electron chi connectivity index (χ4n) is 4.21. The van der Waals surface area contributed by atoms with Gasteiger partial charge in [0.1, 0.15) is 28.7 Å². The third-order valence-electron chi connectivity index (χ3n) is 6.82. The maximum atomic E-state index is 11.0. The first-order chi connectivity index (χ1) is 16.6. The number of aryl methyl sites for hydroxylation is 2.